The Morgan fingerprint density at radius 1 is 1.42 bits per heavy atom. The topological polar surface area (TPSA) is 58.6 Å². The van der Waals surface area contributed by atoms with Crippen LogP contribution >= 0.6 is 0 Å². The molecule has 0 atom stereocenters. The Morgan fingerprint density at radius 2 is 2.17 bits per heavy atom. The molecule has 4 heteroatoms. The van der Waals surface area contributed by atoms with Crippen LogP contribution in [0.2, 0.25) is 0 Å². The number of carboxylic acids is 1. The highest BCUT2D eigenvalue weighted by Crippen LogP contribution is 1.98. The van der Waals surface area contributed by atoms with E-state index >= 15 is 0 Å². The van der Waals surface area contributed by atoms with Gasteiger partial charge in [0.25, 0.3) is 0 Å². The van der Waals surface area contributed by atoms with Gasteiger partial charge in [0.2, 0.25) is 0 Å². The molecule has 0 aromatic rings. The van der Waals surface area contributed by atoms with E-state index in [-0.39, 0.29) is 6.42 Å². The van der Waals surface area contributed by atoms with Crippen LogP contribution in [0, 0.1) is 0 Å². The van der Waals surface area contributed by atoms with Crippen LogP contribution in [0.15, 0.2) is 0 Å². The summed E-state index contributed by atoms with van der Waals surface area (Å²) >= 11 is 0. The minimum Gasteiger partial charge on any atom is -0.481 e. The fourth-order valence-electron chi connectivity index (χ4n) is 0.824. The van der Waals surface area contributed by atoms with Gasteiger partial charge in [-0.1, -0.05) is 6.42 Å². The maximum absolute atomic E-state index is 10.1. The summed E-state index contributed by atoms with van der Waals surface area (Å²) in [5.74, 6) is -0.715. The summed E-state index contributed by atoms with van der Waals surface area (Å²) in [7, 11) is 0. The molecular formula is C8H17NO3. The van der Waals surface area contributed by atoms with Crippen LogP contribution in [0.5, 0.6) is 0 Å². The molecule has 12 heavy (non-hydrogen) atoms. The van der Waals surface area contributed by atoms with Crippen molar-refractivity contribution in [3.8, 4) is 0 Å². The number of hydrogen-bond donors (Lipinski definition) is 2. The van der Waals surface area contributed by atoms with Crippen molar-refractivity contribution in [1.29, 1.82) is 0 Å². The third kappa shape index (κ3) is 9.39. The first-order chi connectivity index (χ1) is 5.77. The summed E-state index contributed by atoms with van der Waals surface area (Å²) in [5.41, 5.74) is 2.78. The lowest BCUT2D eigenvalue weighted by Crippen LogP contribution is -2.15. The molecule has 2 N–H and O–H groups in total. The molecule has 0 spiro atoms. The van der Waals surface area contributed by atoms with Gasteiger partial charge in [-0.05, 0) is 19.8 Å². The van der Waals surface area contributed by atoms with Gasteiger partial charge in [-0.25, -0.2) is 5.48 Å². The summed E-state index contributed by atoms with van der Waals surface area (Å²) in [4.78, 5) is 15.0. The number of hydroxylamine groups is 1. The highest BCUT2D eigenvalue weighted by atomic mass is 16.6. The van der Waals surface area contributed by atoms with E-state index in [9.17, 15) is 4.79 Å². The third-order valence-electron chi connectivity index (χ3n) is 1.42. The van der Waals surface area contributed by atoms with E-state index in [4.69, 9.17) is 9.94 Å². The number of carbonyl (C=O) groups is 1. The molecule has 0 saturated heterocycles. The minimum atomic E-state index is -0.715. The van der Waals surface area contributed by atoms with Gasteiger partial charge >= 0.3 is 5.97 Å². The molecule has 0 saturated carbocycles. The van der Waals surface area contributed by atoms with Crippen LogP contribution in [-0.2, 0) is 9.63 Å². The summed E-state index contributed by atoms with van der Waals surface area (Å²) < 4.78 is 0. The Kier molecular flexibility index (Phi) is 8.05. The lowest BCUT2D eigenvalue weighted by atomic mass is 10.2. The average molecular weight is 175 g/mol. The Balaban J connectivity index is 2.86. The molecular weight excluding hydrogens is 158 g/mol. The molecule has 0 radical (unpaired) electrons. The smallest absolute Gasteiger partial charge is 0.303 e. The van der Waals surface area contributed by atoms with E-state index < -0.39 is 5.97 Å². The first-order valence-electron chi connectivity index (χ1n) is 4.33. The van der Waals surface area contributed by atoms with E-state index in [1.807, 2.05) is 6.92 Å². The molecule has 0 aromatic carbocycles. The lowest BCUT2D eigenvalue weighted by Gasteiger charge is -2.01. The van der Waals surface area contributed by atoms with Crippen LogP contribution in [0.4, 0.5) is 0 Å². The van der Waals surface area contributed by atoms with Crippen molar-refractivity contribution in [3.63, 3.8) is 0 Å². The van der Waals surface area contributed by atoms with E-state index in [1.54, 1.807) is 0 Å². The number of carboxylic acid groups (broad SMARTS) is 1. The maximum Gasteiger partial charge on any atom is 0.303 e. The summed E-state index contributed by atoms with van der Waals surface area (Å²) in [6, 6.07) is 0. The molecule has 0 aliphatic rings. The van der Waals surface area contributed by atoms with E-state index in [0.29, 0.717) is 6.61 Å². The highest BCUT2D eigenvalue weighted by molar-refractivity contribution is 5.66. The fourth-order valence-corrected chi connectivity index (χ4v) is 0.824. The largest absolute Gasteiger partial charge is 0.481 e. The van der Waals surface area contributed by atoms with Crippen LogP contribution in [0.25, 0.3) is 0 Å². The maximum atomic E-state index is 10.1. The van der Waals surface area contributed by atoms with Crippen LogP contribution in [-0.4, -0.2) is 24.2 Å². The zero-order chi connectivity index (χ0) is 9.23. The second kappa shape index (κ2) is 8.49. The van der Waals surface area contributed by atoms with Crippen molar-refractivity contribution in [3.05, 3.63) is 0 Å². The normalized spacial score (nSPS) is 10.1. The first kappa shape index (κ1) is 11.4. The number of hydrogen-bond acceptors (Lipinski definition) is 3. The number of aliphatic carboxylic acids is 1. The van der Waals surface area contributed by atoms with E-state index in [2.05, 4.69) is 5.48 Å². The third-order valence-corrected chi connectivity index (χ3v) is 1.42. The molecule has 4 nitrogen and oxygen atoms in total. The predicted molar refractivity (Wildman–Crippen MR) is 45.7 cm³/mol. The number of nitrogens with one attached hydrogen (secondary N) is 1. The van der Waals surface area contributed by atoms with E-state index in [0.717, 1.165) is 25.8 Å². The van der Waals surface area contributed by atoms with Crippen LogP contribution in [0.1, 0.15) is 32.6 Å². The molecule has 0 rings (SSSR count). The van der Waals surface area contributed by atoms with Gasteiger partial charge in [0.15, 0.2) is 0 Å². The zero-order valence-corrected chi connectivity index (χ0v) is 7.51. The van der Waals surface area contributed by atoms with Crippen molar-refractivity contribution < 1.29 is 14.7 Å². The van der Waals surface area contributed by atoms with E-state index in [1.165, 1.54) is 0 Å². The summed E-state index contributed by atoms with van der Waals surface area (Å²) in [6.45, 7) is 3.38. The molecule has 0 aliphatic carbocycles. The average Bonchev–Trinajstić information content (AvgIpc) is 2.02. The summed E-state index contributed by atoms with van der Waals surface area (Å²) in [6.07, 6.45) is 2.93. The van der Waals surface area contributed by atoms with Crippen LogP contribution in [0.3, 0.4) is 0 Å². The van der Waals surface area contributed by atoms with Crippen LogP contribution < -0.4 is 5.48 Å². The standard InChI is InChI=1S/C8H17NO3/c1-2-12-9-7-5-3-4-6-8(10)11/h9H,2-7H2,1H3,(H,10,11). The van der Waals surface area contributed by atoms with Gasteiger partial charge in [-0.15, -0.1) is 0 Å². The molecule has 0 amide bonds. The molecule has 72 valence electrons. The second-order valence-electron chi connectivity index (χ2n) is 2.53. The first-order valence-corrected chi connectivity index (χ1v) is 4.33. The monoisotopic (exact) mass is 175 g/mol. The van der Waals surface area contributed by atoms with Gasteiger partial charge in [0.05, 0.1) is 6.61 Å². The molecule has 0 bridgehead atoms. The lowest BCUT2D eigenvalue weighted by molar-refractivity contribution is -0.137. The van der Waals surface area contributed by atoms with Crippen molar-refractivity contribution in [2.45, 2.75) is 32.6 Å². The SMILES string of the molecule is CCONCCCCCC(=O)O. The van der Waals surface area contributed by atoms with Crippen molar-refractivity contribution in [2.75, 3.05) is 13.2 Å². The Bertz CT molecular complexity index is 117. The van der Waals surface area contributed by atoms with Gasteiger partial charge < -0.3 is 9.94 Å². The number of rotatable bonds is 8. The zero-order valence-electron chi connectivity index (χ0n) is 7.51. The van der Waals surface area contributed by atoms with Crippen molar-refractivity contribution in [2.24, 2.45) is 0 Å². The van der Waals surface area contributed by atoms with Gasteiger partial charge in [-0.3, -0.25) is 4.79 Å². The van der Waals surface area contributed by atoms with Gasteiger partial charge in [0, 0.05) is 13.0 Å². The quantitative estimate of drug-likeness (QED) is 0.429. The molecule has 0 unspecified atom stereocenters. The van der Waals surface area contributed by atoms with Crippen molar-refractivity contribution in [1.82, 2.24) is 5.48 Å². The summed E-state index contributed by atoms with van der Waals surface area (Å²) in [5, 5.41) is 8.31. The predicted octanol–water partition coefficient (Wildman–Crippen LogP) is 1.17. The Hall–Kier alpha value is -0.610. The molecule has 0 heterocycles. The fraction of sp³-hybridized carbons (Fsp3) is 0.875. The number of unbranched alkanes of at least 4 members (excludes halogenated alkanes) is 2. The van der Waals surface area contributed by atoms with Gasteiger partial charge in [0.1, 0.15) is 0 Å². The highest BCUT2D eigenvalue weighted by Gasteiger charge is 1.95. The second-order valence-corrected chi connectivity index (χ2v) is 2.53. The molecule has 0 aromatic heterocycles. The minimum absolute atomic E-state index is 0.272. The Morgan fingerprint density at radius 3 is 2.75 bits per heavy atom. The molecule has 0 fully saturated rings. The Labute approximate surface area is 72.9 Å². The van der Waals surface area contributed by atoms with Crippen molar-refractivity contribution >= 4 is 5.97 Å². The van der Waals surface area contributed by atoms with Gasteiger partial charge in [-0.2, -0.15) is 0 Å². The molecule has 0 aliphatic heterocycles.